The highest BCUT2D eigenvalue weighted by molar-refractivity contribution is 6.22. The molecular formula is C38H24N4. The smallest absolute Gasteiger partial charge is 0.145 e. The number of rotatable bonds is 3. The Balaban J connectivity index is 1.37. The number of hydrogen-bond acceptors (Lipinski definition) is 2. The van der Waals surface area contributed by atoms with Crippen LogP contribution in [0.5, 0.6) is 0 Å². The van der Waals surface area contributed by atoms with Crippen LogP contribution in [-0.4, -0.2) is 18.9 Å². The topological polar surface area (TPSA) is 35.1 Å². The minimum Gasteiger partial charge on any atom is -0.306 e. The van der Waals surface area contributed by atoms with Crippen molar-refractivity contribution in [1.29, 1.82) is 0 Å². The lowest BCUT2D eigenvalue weighted by atomic mass is 9.86. The third-order valence-corrected chi connectivity index (χ3v) is 8.44. The highest BCUT2D eigenvalue weighted by atomic mass is 15.0. The van der Waals surface area contributed by atoms with E-state index in [1.807, 2.05) is 24.7 Å². The molecule has 0 unspecified atom stereocenters. The average Bonchev–Trinajstić information content (AvgIpc) is 3.66. The predicted octanol–water partition coefficient (Wildman–Crippen LogP) is 9.47. The summed E-state index contributed by atoms with van der Waals surface area (Å²) < 4.78 is 4.36. The molecule has 0 fully saturated rings. The van der Waals surface area contributed by atoms with Crippen LogP contribution in [0, 0.1) is 0 Å². The van der Waals surface area contributed by atoms with E-state index in [0.29, 0.717) is 0 Å². The Morgan fingerprint density at radius 2 is 1.12 bits per heavy atom. The Kier molecular flexibility index (Phi) is 4.87. The van der Waals surface area contributed by atoms with Crippen LogP contribution in [0.3, 0.4) is 0 Å². The van der Waals surface area contributed by atoms with Gasteiger partial charge in [-0.15, -0.1) is 0 Å². The standard InChI is InChI=1S/C38H24N4/c1-2-9-27(10-3-1)42-34-18-16-25(23-33(34)32-15-8-20-40-38(32)42)36-28-11-4-6-13-30(28)37(31-14-7-5-12-29(31)36)26-17-19-35-39-21-22-41(35)24-26/h1-24H. The van der Waals surface area contributed by atoms with Crippen LogP contribution < -0.4 is 0 Å². The molecule has 0 bridgehead atoms. The minimum atomic E-state index is 0.946. The van der Waals surface area contributed by atoms with Crippen molar-refractivity contribution in [2.75, 3.05) is 0 Å². The molecule has 0 saturated heterocycles. The molecule has 0 aliphatic heterocycles. The summed E-state index contributed by atoms with van der Waals surface area (Å²) in [7, 11) is 0. The molecule has 0 amide bonds. The van der Waals surface area contributed by atoms with E-state index < -0.39 is 0 Å². The molecule has 4 heterocycles. The molecule has 0 radical (unpaired) electrons. The van der Waals surface area contributed by atoms with Crippen molar-refractivity contribution >= 4 is 49.1 Å². The van der Waals surface area contributed by atoms with Gasteiger partial charge in [-0.2, -0.15) is 0 Å². The largest absolute Gasteiger partial charge is 0.306 e. The fraction of sp³-hybridized carbons (Fsp3) is 0. The summed E-state index contributed by atoms with van der Waals surface area (Å²) in [5, 5.41) is 7.29. The highest BCUT2D eigenvalue weighted by Crippen LogP contribution is 2.44. The lowest BCUT2D eigenvalue weighted by molar-refractivity contribution is 1.14. The molecule has 0 spiro atoms. The Labute approximate surface area is 241 Å². The van der Waals surface area contributed by atoms with Gasteiger partial charge in [0.15, 0.2) is 0 Å². The van der Waals surface area contributed by atoms with E-state index in [9.17, 15) is 0 Å². The van der Waals surface area contributed by atoms with E-state index in [2.05, 4.69) is 135 Å². The number of imidazole rings is 1. The summed E-state index contributed by atoms with van der Waals surface area (Å²) in [6, 6.07) is 43.5. The SMILES string of the molecule is c1ccc(-n2c3ccc(-c4c5ccccc5c(-c5ccc6nccn6c5)c5ccccc45)cc3c3cccnc32)cc1. The van der Waals surface area contributed by atoms with Crippen LogP contribution in [0.15, 0.2) is 146 Å². The first-order valence-electron chi connectivity index (χ1n) is 14.2. The fourth-order valence-corrected chi connectivity index (χ4v) is 6.66. The Morgan fingerprint density at radius 1 is 0.476 bits per heavy atom. The first-order valence-corrected chi connectivity index (χ1v) is 14.2. The van der Waals surface area contributed by atoms with Crippen LogP contribution in [-0.2, 0) is 0 Å². The van der Waals surface area contributed by atoms with E-state index >= 15 is 0 Å². The second-order valence-corrected chi connectivity index (χ2v) is 10.7. The quantitative estimate of drug-likeness (QED) is 0.211. The van der Waals surface area contributed by atoms with Crippen molar-refractivity contribution in [2.24, 2.45) is 0 Å². The lowest BCUT2D eigenvalue weighted by Crippen LogP contribution is -1.95. The maximum Gasteiger partial charge on any atom is 0.145 e. The maximum atomic E-state index is 4.82. The fourth-order valence-electron chi connectivity index (χ4n) is 6.66. The van der Waals surface area contributed by atoms with Gasteiger partial charge >= 0.3 is 0 Å². The molecule has 0 aliphatic carbocycles. The molecule has 42 heavy (non-hydrogen) atoms. The third kappa shape index (κ3) is 3.29. The van der Waals surface area contributed by atoms with Crippen molar-refractivity contribution in [3.05, 3.63) is 146 Å². The van der Waals surface area contributed by atoms with Crippen LogP contribution in [0.2, 0.25) is 0 Å². The van der Waals surface area contributed by atoms with Gasteiger partial charge < -0.3 is 4.40 Å². The van der Waals surface area contributed by atoms with Gasteiger partial charge in [0.05, 0.1) is 5.52 Å². The zero-order chi connectivity index (χ0) is 27.6. The molecule has 9 aromatic rings. The van der Waals surface area contributed by atoms with Gasteiger partial charge in [-0.05, 0) is 92.3 Å². The lowest BCUT2D eigenvalue weighted by Gasteiger charge is -2.18. The Hall–Kier alpha value is -5.74. The van der Waals surface area contributed by atoms with Crippen molar-refractivity contribution in [3.8, 4) is 27.9 Å². The molecule has 196 valence electrons. The Morgan fingerprint density at radius 3 is 1.86 bits per heavy atom. The molecule has 9 rings (SSSR count). The number of hydrogen-bond donors (Lipinski definition) is 0. The third-order valence-electron chi connectivity index (χ3n) is 8.44. The van der Waals surface area contributed by atoms with Crippen molar-refractivity contribution in [2.45, 2.75) is 0 Å². The number of para-hydroxylation sites is 1. The summed E-state index contributed by atoms with van der Waals surface area (Å²) in [5.74, 6) is 0. The van der Waals surface area contributed by atoms with Crippen molar-refractivity contribution in [1.82, 2.24) is 18.9 Å². The van der Waals surface area contributed by atoms with E-state index in [1.54, 1.807) is 0 Å². The van der Waals surface area contributed by atoms with E-state index in [1.165, 1.54) is 49.2 Å². The molecule has 0 atom stereocenters. The maximum absolute atomic E-state index is 4.82. The van der Waals surface area contributed by atoms with E-state index in [4.69, 9.17) is 4.98 Å². The van der Waals surface area contributed by atoms with Crippen LogP contribution in [0.1, 0.15) is 0 Å². The molecule has 0 aliphatic rings. The number of nitrogens with zero attached hydrogens (tertiary/aromatic N) is 4. The molecule has 4 aromatic heterocycles. The van der Waals surface area contributed by atoms with Crippen LogP contribution in [0.25, 0.3) is 77.1 Å². The van der Waals surface area contributed by atoms with Gasteiger partial charge in [-0.1, -0.05) is 72.8 Å². The van der Waals surface area contributed by atoms with Gasteiger partial charge in [0, 0.05) is 41.2 Å². The summed E-state index contributed by atoms with van der Waals surface area (Å²) in [6.07, 6.45) is 7.92. The first-order chi connectivity index (χ1) is 20.8. The highest BCUT2D eigenvalue weighted by Gasteiger charge is 2.19. The zero-order valence-electron chi connectivity index (χ0n) is 22.6. The molecule has 0 N–H and O–H groups in total. The first kappa shape index (κ1) is 23.0. The predicted molar refractivity (Wildman–Crippen MR) is 173 cm³/mol. The summed E-state index contributed by atoms with van der Waals surface area (Å²) in [4.78, 5) is 9.27. The second-order valence-electron chi connectivity index (χ2n) is 10.7. The van der Waals surface area contributed by atoms with Gasteiger partial charge in [0.2, 0.25) is 0 Å². The van der Waals surface area contributed by atoms with Crippen LogP contribution >= 0.6 is 0 Å². The van der Waals surface area contributed by atoms with Gasteiger partial charge in [-0.3, -0.25) is 4.57 Å². The number of pyridine rings is 2. The van der Waals surface area contributed by atoms with E-state index in [0.717, 1.165) is 27.9 Å². The number of fused-ring (bicyclic) bond motifs is 6. The molecular weight excluding hydrogens is 512 g/mol. The molecule has 4 nitrogen and oxygen atoms in total. The van der Waals surface area contributed by atoms with Gasteiger partial charge in [0.1, 0.15) is 11.3 Å². The molecule has 0 saturated carbocycles. The normalized spacial score (nSPS) is 11.8. The van der Waals surface area contributed by atoms with Crippen LogP contribution in [0.4, 0.5) is 0 Å². The average molecular weight is 537 g/mol. The Bertz CT molecular complexity index is 2410. The van der Waals surface area contributed by atoms with Crippen molar-refractivity contribution in [3.63, 3.8) is 0 Å². The number of benzene rings is 5. The number of aromatic nitrogens is 4. The molecule has 5 aromatic carbocycles. The summed E-state index contributed by atoms with van der Waals surface area (Å²) in [6.45, 7) is 0. The minimum absolute atomic E-state index is 0.946. The van der Waals surface area contributed by atoms with E-state index in [-0.39, 0.29) is 0 Å². The van der Waals surface area contributed by atoms with Crippen molar-refractivity contribution < 1.29 is 0 Å². The zero-order valence-corrected chi connectivity index (χ0v) is 22.6. The summed E-state index contributed by atoms with van der Waals surface area (Å²) >= 11 is 0. The summed E-state index contributed by atoms with van der Waals surface area (Å²) in [5.41, 5.74) is 9.04. The van der Waals surface area contributed by atoms with Gasteiger partial charge in [0.25, 0.3) is 0 Å². The molecule has 4 heteroatoms. The second kappa shape index (κ2) is 8.88. The monoisotopic (exact) mass is 536 g/mol. The van der Waals surface area contributed by atoms with Gasteiger partial charge in [-0.25, -0.2) is 9.97 Å².